The van der Waals surface area contributed by atoms with Crippen molar-refractivity contribution in [1.29, 1.82) is 0 Å². The van der Waals surface area contributed by atoms with Crippen LogP contribution in [0.5, 0.6) is 0 Å². The van der Waals surface area contributed by atoms with Crippen LogP contribution < -0.4 is 5.56 Å². The van der Waals surface area contributed by atoms with Crippen LogP contribution in [0.1, 0.15) is 56.4 Å². The number of carbonyl (C=O) groups is 1. The highest BCUT2D eigenvalue weighted by molar-refractivity contribution is 7.18. The number of likely N-dealkylation sites (tertiary alicyclic amines) is 1. The molecule has 0 spiro atoms. The smallest absolute Gasteiger partial charge is 0.279 e. The number of amides is 1. The summed E-state index contributed by atoms with van der Waals surface area (Å²) >= 11 is 1.59. The molecule has 134 valence electrons. The molecule has 1 aliphatic carbocycles. The van der Waals surface area contributed by atoms with Gasteiger partial charge in [0.1, 0.15) is 6.54 Å². The van der Waals surface area contributed by atoms with Gasteiger partial charge in [0.25, 0.3) is 5.56 Å². The Morgan fingerprint density at radius 3 is 2.64 bits per heavy atom. The minimum Gasteiger partial charge on any atom is -0.336 e. The van der Waals surface area contributed by atoms with Gasteiger partial charge in [-0.05, 0) is 64.4 Å². The van der Waals surface area contributed by atoms with Gasteiger partial charge in [-0.2, -0.15) is 0 Å². The lowest BCUT2D eigenvalue weighted by atomic mass is 9.97. The Morgan fingerprint density at radius 1 is 1.16 bits per heavy atom. The zero-order valence-corrected chi connectivity index (χ0v) is 15.6. The van der Waals surface area contributed by atoms with Gasteiger partial charge in [0.2, 0.25) is 5.91 Å². The number of thiophene rings is 1. The lowest BCUT2D eigenvalue weighted by Crippen LogP contribution is -2.49. The van der Waals surface area contributed by atoms with E-state index in [-0.39, 0.29) is 30.1 Å². The molecule has 1 saturated heterocycles. The first kappa shape index (κ1) is 16.7. The van der Waals surface area contributed by atoms with E-state index in [1.165, 1.54) is 16.0 Å². The summed E-state index contributed by atoms with van der Waals surface area (Å²) in [5.74, 6) is -0.0282. The van der Waals surface area contributed by atoms with Crippen molar-refractivity contribution in [3.8, 4) is 0 Å². The van der Waals surface area contributed by atoms with Crippen LogP contribution in [0.3, 0.4) is 0 Å². The average Bonchev–Trinajstić information content (AvgIpc) is 2.96. The van der Waals surface area contributed by atoms with Gasteiger partial charge >= 0.3 is 0 Å². The normalized spacial score (nSPS) is 23.7. The number of piperidine rings is 1. The summed E-state index contributed by atoms with van der Waals surface area (Å²) < 4.78 is 1.26. The van der Waals surface area contributed by atoms with Crippen molar-refractivity contribution in [2.75, 3.05) is 0 Å². The molecule has 3 heterocycles. The quantitative estimate of drug-likeness (QED) is 0.825. The highest BCUT2D eigenvalue weighted by Crippen LogP contribution is 2.33. The zero-order valence-electron chi connectivity index (χ0n) is 14.8. The second-order valence-corrected chi connectivity index (χ2v) is 8.46. The highest BCUT2D eigenvalue weighted by Gasteiger charge is 2.30. The van der Waals surface area contributed by atoms with Gasteiger partial charge in [0.15, 0.2) is 4.83 Å². The Hall–Kier alpha value is -1.76. The third-order valence-electron chi connectivity index (χ3n) is 5.61. The van der Waals surface area contributed by atoms with Gasteiger partial charge in [-0.15, -0.1) is 16.4 Å². The number of rotatable bonds is 2. The lowest BCUT2D eigenvalue weighted by Gasteiger charge is -2.39. The van der Waals surface area contributed by atoms with Gasteiger partial charge in [-0.3, -0.25) is 9.59 Å². The van der Waals surface area contributed by atoms with Crippen LogP contribution in [0.4, 0.5) is 0 Å². The molecule has 1 fully saturated rings. The Morgan fingerprint density at radius 2 is 1.88 bits per heavy atom. The molecule has 1 aliphatic heterocycles. The maximum Gasteiger partial charge on any atom is 0.279 e. The van der Waals surface area contributed by atoms with Crippen LogP contribution in [0.2, 0.25) is 0 Å². The van der Waals surface area contributed by atoms with E-state index in [1.54, 1.807) is 11.3 Å². The molecule has 1 amide bonds. The molecule has 2 aromatic rings. The first-order chi connectivity index (χ1) is 12.1. The maximum atomic E-state index is 12.9. The van der Waals surface area contributed by atoms with Gasteiger partial charge in [-0.1, -0.05) is 5.21 Å². The first-order valence-electron chi connectivity index (χ1n) is 9.25. The molecule has 2 atom stereocenters. The van der Waals surface area contributed by atoms with Gasteiger partial charge in [0, 0.05) is 17.0 Å². The molecule has 0 bridgehead atoms. The van der Waals surface area contributed by atoms with Crippen molar-refractivity contribution in [2.24, 2.45) is 0 Å². The molecule has 2 aromatic heterocycles. The van der Waals surface area contributed by atoms with Crippen molar-refractivity contribution in [3.05, 3.63) is 20.8 Å². The lowest BCUT2D eigenvalue weighted by molar-refractivity contribution is -0.138. The number of nitrogens with zero attached hydrogens (tertiary/aromatic N) is 4. The molecule has 7 heteroatoms. The molecule has 0 radical (unpaired) electrons. The third kappa shape index (κ3) is 2.88. The van der Waals surface area contributed by atoms with Crippen LogP contribution in [0, 0.1) is 0 Å². The molecular weight excluding hydrogens is 336 g/mol. The van der Waals surface area contributed by atoms with Crippen molar-refractivity contribution >= 4 is 27.5 Å². The molecule has 0 aromatic carbocycles. The van der Waals surface area contributed by atoms with Crippen LogP contribution in [0.15, 0.2) is 4.79 Å². The standard InChI is InChI=1S/C18H24N4O2S/c1-11-6-5-7-12(2)22(11)15(23)10-21-18(24)16-13-8-3-4-9-14(13)25-17(16)19-20-21/h11-12H,3-10H2,1-2H3/t11-,12-/m1/s1. The molecule has 6 nitrogen and oxygen atoms in total. The predicted octanol–water partition coefficient (Wildman–Crippen LogP) is 2.52. The fourth-order valence-corrected chi connectivity index (χ4v) is 5.53. The monoisotopic (exact) mass is 360 g/mol. The summed E-state index contributed by atoms with van der Waals surface area (Å²) in [6.07, 6.45) is 7.44. The number of aromatic nitrogens is 3. The summed E-state index contributed by atoms with van der Waals surface area (Å²) in [5.41, 5.74) is 0.988. The average molecular weight is 360 g/mol. The molecule has 0 saturated carbocycles. The van der Waals surface area contributed by atoms with Crippen molar-refractivity contribution in [1.82, 2.24) is 19.9 Å². The molecular formula is C18H24N4O2S. The van der Waals surface area contributed by atoms with Crippen LogP contribution in [0.25, 0.3) is 10.2 Å². The number of hydrogen-bond acceptors (Lipinski definition) is 5. The van der Waals surface area contributed by atoms with Gasteiger partial charge < -0.3 is 4.90 Å². The summed E-state index contributed by atoms with van der Waals surface area (Å²) in [5, 5.41) is 8.99. The molecule has 4 rings (SSSR count). The van der Waals surface area contributed by atoms with E-state index < -0.39 is 0 Å². The van der Waals surface area contributed by atoms with Crippen molar-refractivity contribution in [3.63, 3.8) is 0 Å². The predicted molar refractivity (Wildman–Crippen MR) is 97.9 cm³/mol. The zero-order chi connectivity index (χ0) is 17.6. The van der Waals surface area contributed by atoms with E-state index in [9.17, 15) is 9.59 Å². The number of fused-ring (bicyclic) bond motifs is 3. The maximum absolute atomic E-state index is 12.9. The SMILES string of the molecule is C[C@@H]1CCC[C@@H](C)N1C(=O)Cn1nnc2sc3c(c2c1=O)CCCC3. The van der Waals surface area contributed by atoms with E-state index in [0.717, 1.165) is 48.9 Å². The Balaban J connectivity index is 1.66. The summed E-state index contributed by atoms with van der Waals surface area (Å²) in [6.45, 7) is 4.15. The Kier molecular flexibility index (Phi) is 4.35. The van der Waals surface area contributed by atoms with E-state index >= 15 is 0 Å². The van der Waals surface area contributed by atoms with Crippen molar-refractivity contribution in [2.45, 2.75) is 77.4 Å². The summed E-state index contributed by atoms with van der Waals surface area (Å²) in [4.78, 5) is 29.7. The van der Waals surface area contributed by atoms with E-state index in [1.807, 2.05) is 4.90 Å². The van der Waals surface area contributed by atoms with Gasteiger partial charge in [-0.25, -0.2) is 4.68 Å². The molecule has 25 heavy (non-hydrogen) atoms. The fourth-order valence-electron chi connectivity index (χ4n) is 4.33. The third-order valence-corrected chi connectivity index (χ3v) is 6.79. The first-order valence-corrected chi connectivity index (χ1v) is 10.1. The number of carbonyl (C=O) groups excluding carboxylic acids is 1. The second-order valence-electron chi connectivity index (χ2n) is 7.37. The number of aryl methyl sites for hydroxylation is 2. The second kappa shape index (κ2) is 6.52. The van der Waals surface area contributed by atoms with E-state index in [2.05, 4.69) is 24.2 Å². The van der Waals surface area contributed by atoms with Crippen LogP contribution in [-0.2, 0) is 24.2 Å². The van der Waals surface area contributed by atoms with Crippen molar-refractivity contribution < 1.29 is 4.79 Å². The molecule has 0 unspecified atom stereocenters. The minimum atomic E-state index is -0.157. The van der Waals surface area contributed by atoms with Gasteiger partial charge in [0.05, 0.1) is 5.39 Å². The number of hydrogen-bond donors (Lipinski definition) is 0. The van der Waals surface area contributed by atoms with E-state index in [0.29, 0.717) is 5.39 Å². The van der Waals surface area contributed by atoms with Crippen LogP contribution in [-0.4, -0.2) is 37.9 Å². The fraction of sp³-hybridized carbons (Fsp3) is 0.667. The highest BCUT2D eigenvalue weighted by atomic mass is 32.1. The summed E-state index contributed by atoms with van der Waals surface area (Å²) in [6, 6.07) is 0.440. The Bertz CT molecular complexity index is 862. The topological polar surface area (TPSA) is 68.1 Å². The minimum absolute atomic E-state index is 0.0128. The summed E-state index contributed by atoms with van der Waals surface area (Å²) in [7, 11) is 0. The Labute approximate surface area is 150 Å². The van der Waals surface area contributed by atoms with E-state index in [4.69, 9.17) is 0 Å². The largest absolute Gasteiger partial charge is 0.336 e. The molecule has 2 aliphatic rings. The van der Waals surface area contributed by atoms with Crippen LogP contribution >= 0.6 is 11.3 Å². The molecule has 0 N–H and O–H groups in total.